The molecule has 1 N–H and O–H groups in total. The number of para-hydroxylation sites is 1. The lowest BCUT2D eigenvalue weighted by molar-refractivity contribution is 1.47. The van der Waals surface area contributed by atoms with E-state index in [0.717, 1.165) is 29.3 Å². The number of hydrogen-bond donors (Lipinski definition) is 1. The standard InChI is InChI=1S/C12H7Br4N/c13-7-3-1-2-4-11(7)17-12-6-9(15)8(14)5-10(12)16/h1-6,17H. The van der Waals surface area contributed by atoms with Crippen LogP contribution < -0.4 is 5.32 Å². The summed E-state index contributed by atoms with van der Waals surface area (Å²) in [5.74, 6) is 0. The summed E-state index contributed by atoms with van der Waals surface area (Å²) in [4.78, 5) is 0. The fourth-order valence-corrected chi connectivity index (χ4v) is 3.15. The minimum atomic E-state index is 1.00. The molecule has 0 fully saturated rings. The Morgan fingerprint density at radius 1 is 0.647 bits per heavy atom. The summed E-state index contributed by atoms with van der Waals surface area (Å²) in [6, 6.07) is 12.0. The van der Waals surface area contributed by atoms with Crippen molar-refractivity contribution in [3.63, 3.8) is 0 Å². The number of nitrogens with one attached hydrogen (secondary N) is 1. The highest BCUT2D eigenvalue weighted by atomic mass is 79.9. The molecule has 0 saturated carbocycles. The predicted molar refractivity (Wildman–Crippen MR) is 87.0 cm³/mol. The van der Waals surface area contributed by atoms with Crippen LogP contribution in [0, 0.1) is 0 Å². The van der Waals surface area contributed by atoms with Crippen molar-refractivity contribution in [2.24, 2.45) is 0 Å². The fourth-order valence-electron chi connectivity index (χ4n) is 1.33. The Morgan fingerprint density at radius 3 is 2.00 bits per heavy atom. The molecule has 17 heavy (non-hydrogen) atoms. The third-order valence-electron chi connectivity index (χ3n) is 2.15. The zero-order valence-electron chi connectivity index (χ0n) is 8.48. The highest BCUT2D eigenvalue weighted by Gasteiger charge is 2.06. The molecule has 88 valence electrons. The number of hydrogen-bond acceptors (Lipinski definition) is 1. The molecule has 0 unspecified atom stereocenters. The minimum absolute atomic E-state index is 1.00. The summed E-state index contributed by atoms with van der Waals surface area (Å²) in [5.41, 5.74) is 2.04. The molecule has 0 aliphatic carbocycles. The van der Waals surface area contributed by atoms with Crippen molar-refractivity contribution in [3.8, 4) is 0 Å². The molecular formula is C12H7Br4N. The Labute approximate surface area is 134 Å². The van der Waals surface area contributed by atoms with E-state index >= 15 is 0 Å². The summed E-state index contributed by atoms with van der Waals surface area (Å²) in [6.07, 6.45) is 0. The molecule has 0 aliphatic rings. The molecule has 2 aromatic rings. The van der Waals surface area contributed by atoms with E-state index in [1.165, 1.54) is 0 Å². The molecular weight excluding hydrogens is 478 g/mol. The van der Waals surface area contributed by atoms with Crippen molar-refractivity contribution in [2.75, 3.05) is 5.32 Å². The predicted octanol–water partition coefficient (Wildman–Crippen LogP) is 6.48. The van der Waals surface area contributed by atoms with Gasteiger partial charge in [0, 0.05) is 17.9 Å². The summed E-state index contributed by atoms with van der Waals surface area (Å²) in [7, 11) is 0. The molecule has 5 heteroatoms. The molecule has 0 amide bonds. The van der Waals surface area contributed by atoms with Gasteiger partial charge in [-0.15, -0.1) is 0 Å². The Kier molecular flexibility index (Phi) is 4.69. The van der Waals surface area contributed by atoms with Gasteiger partial charge in [0.15, 0.2) is 0 Å². The van der Waals surface area contributed by atoms with Crippen LogP contribution in [0.1, 0.15) is 0 Å². The number of rotatable bonds is 2. The van der Waals surface area contributed by atoms with Crippen molar-refractivity contribution >= 4 is 75.1 Å². The smallest absolute Gasteiger partial charge is 0.0541 e. The van der Waals surface area contributed by atoms with Gasteiger partial charge in [-0.25, -0.2) is 0 Å². The van der Waals surface area contributed by atoms with Gasteiger partial charge in [0.05, 0.1) is 11.4 Å². The first kappa shape index (κ1) is 13.6. The normalized spacial score (nSPS) is 10.4. The van der Waals surface area contributed by atoms with Crippen LogP contribution in [0.3, 0.4) is 0 Å². The van der Waals surface area contributed by atoms with Crippen LogP contribution in [0.25, 0.3) is 0 Å². The van der Waals surface area contributed by atoms with E-state index in [1.807, 2.05) is 36.4 Å². The molecule has 0 aromatic heterocycles. The molecule has 2 rings (SSSR count). The van der Waals surface area contributed by atoms with Crippen LogP contribution in [0.5, 0.6) is 0 Å². The third kappa shape index (κ3) is 3.34. The van der Waals surface area contributed by atoms with E-state index in [2.05, 4.69) is 69.0 Å². The lowest BCUT2D eigenvalue weighted by Gasteiger charge is -2.11. The number of anilines is 2. The third-order valence-corrected chi connectivity index (χ3v) is 5.34. The van der Waals surface area contributed by atoms with Gasteiger partial charge in [-0.3, -0.25) is 0 Å². The molecule has 0 heterocycles. The molecule has 1 nitrogen and oxygen atoms in total. The second kappa shape index (κ2) is 5.87. The van der Waals surface area contributed by atoms with Gasteiger partial charge in [0.25, 0.3) is 0 Å². The van der Waals surface area contributed by atoms with Crippen LogP contribution in [0.15, 0.2) is 54.3 Å². The van der Waals surface area contributed by atoms with E-state index < -0.39 is 0 Å². The molecule has 0 spiro atoms. The van der Waals surface area contributed by atoms with Gasteiger partial charge in [-0.1, -0.05) is 12.1 Å². The van der Waals surface area contributed by atoms with E-state index in [-0.39, 0.29) is 0 Å². The van der Waals surface area contributed by atoms with Crippen LogP contribution >= 0.6 is 63.7 Å². The highest BCUT2D eigenvalue weighted by Crippen LogP contribution is 2.35. The number of benzene rings is 2. The topological polar surface area (TPSA) is 12.0 Å². The first-order valence-electron chi connectivity index (χ1n) is 4.74. The zero-order valence-corrected chi connectivity index (χ0v) is 14.8. The Bertz CT molecular complexity index is 554. The average Bonchev–Trinajstić information content (AvgIpc) is 2.29. The lowest BCUT2D eigenvalue weighted by atomic mass is 10.3. The fraction of sp³-hybridized carbons (Fsp3) is 0. The van der Waals surface area contributed by atoms with Crippen molar-refractivity contribution < 1.29 is 0 Å². The second-order valence-corrected chi connectivity index (χ2v) is 6.77. The maximum absolute atomic E-state index is 3.53. The summed E-state index contributed by atoms with van der Waals surface area (Å²) in [5, 5.41) is 3.36. The van der Waals surface area contributed by atoms with E-state index in [1.54, 1.807) is 0 Å². The van der Waals surface area contributed by atoms with Crippen molar-refractivity contribution in [1.82, 2.24) is 0 Å². The average molecular weight is 485 g/mol. The van der Waals surface area contributed by atoms with Gasteiger partial charge in [-0.05, 0) is 88.0 Å². The van der Waals surface area contributed by atoms with Gasteiger partial charge in [0.2, 0.25) is 0 Å². The quantitative estimate of drug-likeness (QED) is 0.481. The highest BCUT2D eigenvalue weighted by molar-refractivity contribution is 9.13. The lowest BCUT2D eigenvalue weighted by Crippen LogP contribution is -1.92. The second-order valence-electron chi connectivity index (χ2n) is 3.35. The molecule has 2 aromatic carbocycles. The van der Waals surface area contributed by atoms with Crippen molar-refractivity contribution in [3.05, 3.63) is 54.3 Å². The van der Waals surface area contributed by atoms with Gasteiger partial charge >= 0.3 is 0 Å². The summed E-state index contributed by atoms with van der Waals surface area (Å²) >= 11 is 14.0. The van der Waals surface area contributed by atoms with Crippen molar-refractivity contribution in [1.29, 1.82) is 0 Å². The SMILES string of the molecule is Brc1cc(Br)c(Nc2ccccc2Br)cc1Br. The first-order chi connectivity index (χ1) is 8.08. The minimum Gasteiger partial charge on any atom is -0.354 e. The Hall–Kier alpha value is 0.160. The maximum Gasteiger partial charge on any atom is 0.0541 e. The summed E-state index contributed by atoms with van der Waals surface area (Å²) in [6.45, 7) is 0. The monoisotopic (exact) mass is 481 g/mol. The molecule has 0 saturated heterocycles. The van der Waals surface area contributed by atoms with E-state index in [9.17, 15) is 0 Å². The van der Waals surface area contributed by atoms with Crippen LogP contribution in [0.4, 0.5) is 11.4 Å². The van der Waals surface area contributed by atoms with E-state index in [0.29, 0.717) is 0 Å². The molecule has 0 aliphatic heterocycles. The molecule has 0 bridgehead atoms. The van der Waals surface area contributed by atoms with Crippen LogP contribution in [-0.4, -0.2) is 0 Å². The number of halogens is 4. The van der Waals surface area contributed by atoms with E-state index in [4.69, 9.17) is 0 Å². The Balaban J connectivity index is 2.37. The van der Waals surface area contributed by atoms with Crippen LogP contribution in [0.2, 0.25) is 0 Å². The van der Waals surface area contributed by atoms with Gasteiger partial charge < -0.3 is 5.32 Å². The largest absolute Gasteiger partial charge is 0.354 e. The van der Waals surface area contributed by atoms with Gasteiger partial charge in [-0.2, -0.15) is 0 Å². The zero-order chi connectivity index (χ0) is 12.4. The van der Waals surface area contributed by atoms with Crippen LogP contribution in [-0.2, 0) is 0 Å². The maximum atomic E-state index is 3.53. The molecule has 0 radical (unpaired) electrons. The Morgan fingerprint density at radius 2 is 1.29 bits per heavy atom. The summed E-state index contributed by atoms with van der Waals surface area (Å²) < 4.78 is 4.06. The van der Waals surface area contributed by atoms with Crippen molar-refractivity contribution in [2.45, 2.75) is 0 Å². The molecule has 0 atom stereocenters. The first-order valence-corrected chi connectivity index (χ1v) is 7.91. The van der Waals surface area contributed by atoms with Gasteiger partial charge in [0.1, 0.15) is 0 Å².